The van der Waals surface area contributed by atoms with Crippen molar-refractivity contribution in [2.24, 2.45) is 0 Å². The Kier molecular flexibility index (Phi) is 8.17. The first kappa shape index (κ1) is 25.1. The number of aliphatic hydroxyl groups is 1. The third-order valence-corrected chi connectivity index (χ3v) is 5.64. The van der Waals surface area contributed by atoms with Crippen molar-refractivity contribution < 1.29 is 28.9 Å². The van der Waals surface area contributed by atoms with Gasteiger partial charge in [0.1, 0.15) is 23.0 Å². The minimum atomic E-state index is -0.767. The van der Waals surface area contributed by atoms with Gasteiger partial charge in [-0.1, -0.05) is 19.1 Å². The number of likely N-dealkylation sites (tertiary alicyclic amines) is 1. The van der Waals surface area contributed by atoms with Crippen molar-refractivity contribution in [1.29, 1.82) is 0 Å². The van der Waals surface area contributed by atoms with Crippen molar-refractivity contribution in [3.63, 3.8) is 0 Å². The van der Waals surface area contributed by atoms with Crippen LogP contribution in [-0.4, -0.2) is 74.6 Å². The summed E-state index contributed by atoms with van der Waals surface area (Å²) in [4.78, 5) is 29.7. The minimum Gasteiger partial charge on any atom is -0.507 e. The van der Waals surface area contributed by atoms with E-state index in [1.807, 2.05) is 50.2 Å². The van der Waals surface area contributed by atoms with Gasteiger partial charge in [-0.2, -0.15) is 0 Å². The molecule has 0 aromatic heterocycles. The number of carbonyl (C=O) groups excluding carboxylic acids is 2. The average Bonchev–Trinajstić information content (AvgIpc) is 3.10. The molecule has 1 aliphatic heterocycles. The Hall–Kier alpha value is -3.52. The number of Topliss-reactive ketones (excluding diaryl/α,β-unsaturated/α-hetero) is 1. The molecule has 1 atom stereocenters. The fourth-order valence-electron chi connectivity index (χ4n) is 3.90. The van der Waals surface area contributed by atoms with E-state index >= 15 is 0 Å². The molecule has 182 valence electrons. The number of methoxy groups -OCH3 is 2. The number of aliphatic hydroxyl groups excluding tert-OH is 1. The molecule has 0 radical (unpaired) electrons. The van der Waals surface area contributed by atoms with Crippen LogP contribution in [0.2, 0.25) is 0 Å². The summed E-state index contributed by atoms with van der Waals surface area (Å²) in [6.45, 7) is 3.44. The second-order valence-corrected chi connectivity index (χ2v) is 8.28. The second-order valence-electron chi connectivity index (χ2n) is 8.28. The number of ether oxygens (including phenoxy) is 3. The van der Waals surface area contributed by atoms with Gasteiger partial charge in [0.2, 0.25) is 0 Å². The van der Waals surface area contributed by atoms with Gasteiger partial charge in [0.05, 0.1) is 38.0 Å². The van der Waals surface area contributed by atoms with E-state index in [1.54, 1.807) is 18.2 Å². The lowest BCUT2D eigenvalue weighted by atomic mass is 9.94. The highest BCUT2D eigenvalue weighted by Crippen LogP contribution is 2.42. The highest BCUT2D eigenvalue weighted by atomic mass is 16.5. The van der Waals surface area contributed by atoms with Crippen molar-refractivity contribution in [1.82, 2.24) is 9.80 Å². The first-order chi connectivity index (χ1) is 16.3. The maximum absolute atomic E-state index is 13.2. The van der Waals surface area contributed by atoms with Gasteiger partial charge in [0, 0.05) is 19.2 Å². The van der Waals surface area contributed by atoms with Crippen molar-refractivity contribution in [2.75, 3.05) is 48.0 Å². The molecule has 0 aliphatic carbocycles. The summed E-state index contributed by atoms with van der Waals surface area (Å²) in [6.07, 6.45) is 0.850. The summed E-state index contributed by atoms with van der Waals surface area (Å²) in [7, 11) is 6.78. The summed E-state index contributed by atoms with van der Waals surface area (Å²) in [5, 5.41) is 11.3. The molecular weight excluding hydrogens is 436 g/mol. The standard InChI is InChI=1S/C26H32N2O6/c1-6-14-34-19-9-7-8-17(15-19)23-22(25(30)26(31)28(23)13-12-27(2)3)24(29)20-11-10-18(32-4)16-21(20)33-5/h7-11,15-16,23,29H,6,12-14H2,1-5H3/b24-22-. The Balaban J connectivity index is 2.17. The smallest absolute Gasteiger partial charge is 0.295 e. The van der Waals surface area contributed by atoms with Crippen LogP contribution in [0.3, 0.4) is 0 Å². The molecule has 1 aliphatic rings. The molecule has 1 unspecified atom stereocenters. The minimum absolute atomic E-state index is 0.0138. The van der Waals surface area contributed by atoms with Crippen molar-refractivity contribution in [3.8, 4) is 17.2 Å². The third-order valence-electron chi connectivity index (χ3n) is 5.64. The molecule has 1 N–H and O–H groups in total. The Morgan fingerprint density at radius 1 is 1.06 bits per heavy atom. The van der Waals surface area contributed by atoms with E-state index in [9.17, 15) is 14.7 Å². The molecule has 1 saturated heterocycles. The average molecular weight is 469 g/mol. The number of benzene rings is 2. The zero-order valence-corrected chi connectivity index (χ0v) is 20.3. The lowest BCUT2D eigenvalue weighted by Crippen LogP contribution is -2.35. The summed E-state index contributed by atoms with van der Waals surface area (Å²) in [5.41, 5.74) is 0.998. The Bertz CT molecular complexity index is 1080. The van der Waals surface area contributed by atoms with E-state index in [0.29, 0.717) is 48.1 Å². The molecule has 1 heterocycles. The number of nitrogens with zero attached hydrogens (tertiary/aromatic N) is 2. The van der Waals surface area contributed by atoms with Gasteiger partial charge in [-0.3, -0.25) is 9.59 Å². The van der Waals surface area contributed by atoms with Crippen LogP contribution in [-0.2, 0) is 9.59 Å². The topological polar surface area (TPSA) is 88.5 Å². The maximum Gasteiger partial charge on any atom is 0.295 e. The molecule has 3 rings (SSSR count). The van der Waals surface area contributed by atoms with Crippen LogP contribution < -0.4 is 14.2 Å². The third kappa shape index (κ3) is 5.17. The molecule has 8 heteroatoms. The van der Waals surface area contributed by atoms with Crippen LogP contribution in [0.15, 0.2) is 48.0 Å². The zero-order chi connectivity index (χ0) is 24.8. The van der Waals surface area contributed by atoms with Gasteiger partial charge < -0.3 is 29.1 Å². The molecule has 8 nitrogen and oxygen atoms in total. The second kappa shape index (κ2) is 11.1. The fraction of sp³-hybridized carbons (Fsp3) is 0.385. The molecule has 34 heavy (non-hydrogen) atoms. The first-order valence-corrected chi connectivity index (χ1v) is 11.2. The van der Waals surface area contributed by atoms with Crippen LogP contribution in [0.4, 0.5) is 0 Å². The molecule has 0 saturated carbocycles. The SMILES string of the molecule is CCCOc1cccc(C2/C(=C(/O)c3ccc(OC)cc3OC)C(=O)C(=O)N2CCN(C)C)c1. The van der Waals surface area contributed by atoms with E-state index < -0.39 is 17.7 Å². The Morgan fingerprint density at radius 2 is 1.82 bits per heavy atom. The highest BCUT2D eigenvalue weighted by molar-refractivity contribution is 6.46. The van der Waals surface area contributed by atoms with Crippen LogP contribution >= 0.6 is 0 Å². The van der Waals surface area contributed by atoms with Crippen LogP contribution in [0.25, 0.3) is 5.76 Å². The Labute approximate surface area is 200 Å². The first-order valence-electron chi connectivity index (χ1n) is 11.2. The number of hydrogen-bond acceptors (Lipinski definition) is 7. The van der Waals surface area contributed by atoms with E-state index in [0.717, 1.165) is 6.42 Å². The fourth-order valence-corrected chi connectivity index (χ4v) is 3.90. The van der Waals surface area contributed by atoms with Crippen molar-refractivity contribution >= 4 is 17.4 Å². The van der Waals surface area contributed by atoms with Gasteiger partial charge in [-0.05, 0) is 50.3 Å². The number of likely N-dealkylation sites (N-methyl/N-ethyl adjacent to an activating group) is 1. The van der Waals surface area contributed by atoms with Gasteiger partial charge in [0.15, 0.2) is 0 Å². The monoisotopic (exact) mass is 468 g/mol. The van der Waals surface area contributed by atoms with Gasteiger partial charge in [-0.15, -0.1) is 0 Å². The van der Waals surface area contributed by atoms with Crippen LogP contribution in [0, 0.1) is 0 Å². The largest absolute Gasteiger partial charge is 0.507 e. The van der Waals surface area contributed by atoms with Crippen LogP contribution in [0.5, 0.6) is 17.2 Å². The molecule has 2 aromatic carbocycles. The summed E-state index contributed by atoms with van der Waals surface area (Å²) in [5.74, 6) is -0.179. The highest BCUT2D eigenvalue weighted by Gasteiger charge is 2.46. The van der Waals surface area contributed by atoms with E-state index in [1.165, 1.54) is 19.1 Å². The van der Waals surface area contributed by atoms with Gasteiger partial charge in [-0.25, -0.2) is 0 Å². The lowest BCUT2D eigenvalue weighted by Gasteiger charge is -2.27. The number of hydrogen-bond donors (Lipinski definition) is 1. The molecular formula is C26H32N2O6. The summed E-state index contributed by atoms with van der Waals surface area (Å²) >= 11 is 0. The molecule has 0 bridgehead atoms. The molecule has 1 amide bonds. The quantitative estimate of drug-likeness (QED) is 0.324. The molecule has 0 spiro atoms. The predicted molar refractivity (Wildman–Crippen MR) is 129 cm³/mol. The normalized spacial score (nSPS) is 17.4. The maximum atomic E-state index is 13.2. The van der Waals surface area contributed by atoms with Crippen molar-refractivity contribution in [3.05, 3.63) is 59.2 Å². The van der Waals surface area contributed by atoms with Gasteiger partial charge >= 0.3 is 0 Å². The summed E-state index contributed by atoms with van der Waals surface area (Å²) in [6, 6.07) is 11.4. The zero-order valence-electron chi connectivity index (χ0n) is 20.3. The number of amides is 1. The molecule has 2 aromatic rings. The summed E-state index contributed by atoms with van der Waals surface area (Å²) < 4.78 is 16.4. The van der Waals surface area contributed by atoms with E-state index in [2.05, 4.69) is 0 Å². The molecule has 1 fully saturated rings. The van der Waals surface area contributed by atoms with E-state index in [4.69, 9.17) is 14.2 Å². The van der Waals surface area contributed by atoms with Crippen molar-refractivity contribution in [2.45, 2.75) is 19.4 Å². The number of carbonyl (C=O) groups is 2. The lowest BCUT2D eigenvalue weighted by molar-refractivity contribution is -0.140. The van der Waals surface area contributed by atoms with Gasteiger partial charge in [0.25, 0.3) is 11.7 Å². The number of rotatable bonds is 10. The number of ketones is 1. The Morgan fingerprint density at radius 3 is 2.47 bits per heavy atom. The van der Waals surface area contributed by atoms with Crippen LogP contribution in [0.1, 0.15) is 30.5 Å². The van der Waals surface area contributed by atoms with E-state index in [-0.39, 0.29) is 11.3 Å². The predicted octanol–water partition coefficient (Wildman–Crippen LogP) is 3.48.